The van der Waals surface area contributed by atoms with E-state index < -0.39 is 35.5 Å². The minimum Gasteiger partial charge on any atom is -0.406 e. The lowest BCUT2D eigenvalue weighted by molar-refractivity contribution is -0.274. The molecule has 0 radical (unpaired) electrons. The van der Waals surface area contributed by atoms with Crippen LogP contribution in [-0.2, 0) is 25.8 Å². The highest BCUT2D eigenvalue weighted by molar-refractivity contribution is 5.95. The molecule has 0 aliphatic carbocycles. The van der Waals surface area contributed by atoms with Gasteiger partial charge in [0.1, 0.15) is 5.75 Å². The third kappa shape index (κ3) is 7.14. The van der Waals surface area contributed by atoms with Crippen molar-refractivity contribution >= 4 is 5.91 Å². The molecule has 7 nitrogen and oxygen atoms in total. The van der Waals surface area contributed by atoms with Crippen LogP contribution in [0, 0.1) is 6.92 Å². The van der Waals surface area contributed by atoms with Crippen LogP contribution in [0.2, 0.25) is 0 Å². The molecule has 0 fully saturated rings. The van der Waals surface area contributed by atoms with Crippen LogP contribution in [-0.4, -0.2) is 31.8 Å². The van der Waals surface area contributed by atoms with Crippen LogP contribution in [0.4, 0.5) is 26.3 Å². The fourth-order valence-electron chi connectivity index (χ4n) is 3.69. The number of nitrogens with one attached hydrogen (secondary N) is 1. The Labute approximate surface area is 212 Å². The molecule has 0 spiro atoms. The van der Waals surface area contributed by atoms with Crippen LogP contribution in [0.25, 0.3) is 0 Å². The van der Waals surface area contributed by atoms with E-state index in [0.717, 1.165) is 34.1 Å². The Hall–Kier alpha value is -4.29. The number of alkyl halides is 6. The van der Waals surface area contributed by atoms with Crippen LogP contribution >= 0.6 is 0 Å². The first-order valence-corrected chi connectivity index (χ1v) is 11.2. The molecule has 0 saturated heterocycles. The predicted molar refractivity (Wildman–Crippen MR) is 123 cm³/mol. The monoisotopic (exact) mass is 537 g/mol. The zero-order valence-corrected chi connectivity index (χ0v) is 19.8. The first kappa shape index (κ1) is 26.8. The van der Waals surface area contributed by atoms with Crippen LogP contribution in [0.1, 0.15) is 38.3 Å². The van der Waals surface area contributed by atoms with Crippen LogP contribution < -0.4 is 10.1 Å². The molecule has 0 bridgehead atoms. The molecule has 2 aromatic heterocycles. The first-order chi connectivity index (χ1) is 17.9. The van der Waals surface area contributed by atoms with Gasteiger partial charge in [-0.3, -0.25) is 14.2 Å². The van der Waals surface area contributed by atoms with E-state index >= 15 is 0 Å². The van der Waals surface area contributed by atoms with E-state index in [0.29, 0.717) is 12.1 Å². The maximum Gasteiger partial charge on any atom is 0.573 e. The lowest BCUT2D eigenvalue weighted by Crippen LogP contribution is -2.25. The van der Waals surface area contributed by atoms with Gasteiger partial charge in [0.15, 0.2) is 5.69 Å². The highest BCUT2D eigenvalue weighted by Crippen LogP contribution is 2.31. The number of ether oxygens (including phenoxy) is 1. The lowest BCUT2D eigenvalue weighted by atomic mass is 10.1. The summed E-state index contributed by atoms with van der Waals surface area (Å²) < 4.78 is 84.7. The van der Waals surface area contributed by atoms with Crippen molar-refractivity contribution in [2.75, 3.05) is 0 Å². The van der Waals surface area contributed by atoms with E-state index in [4.69, 9.17) is 0 Å². The number of aromatic nitrogens is 4. The van der Waals surface area contributed by atoms with Crippen molar-refractivity contribution in [3.8, 4) is 5.75 Å². The molecule has 0 aliphatic rings. The number of carbonyl (C=O) groups is 1. The zero-order chi connectivity index (χ0) is 27.5. The highest BCUT2D eigenvalue weighted by Gasteiger charge is 2.39. The van der Waals surface area contributed by atoms with Gasteiger partial charge in [0, 0.05) is 18.9 Å². The number of carbonyl (C=O) groups excluding carboxylic acids is 1. The van der Waals surface area contributed by atoms with Gasteiger partial charge in [0.05, 0.1) is 24.8 Å². The van der Waals surface area contributed by atoms with Gasteiger partial charge in [-0.15, -0.1) is 13.2 Å². The largest absolute Gasteiger partial charge is 0.573 e. The van der Waals surface area contributed by atoms with Gasteiger partial charge in [-0.05, 0) is 41.3 Å². The summed E-state index contributed by atoms with van der Waals surface area (Å²) in [4.78, 5) is 12.6. The molecular formula is C25H21F6N5O2. The standard InChI is InChI=1S/C25H21F6N5O2/c1-16-10-33-35(12-16)13-17-5-7-18(8-6-17)14-36-15-21(22(34-36)24(26,27)28)23(37)32-11-19-3-2-4-20(9-19)38-25(29,30)31/h2-10,12,15H,11,13-14H2,1H3,(H,32,37). The summed E-state index contributed by atoms with van der Waals surface area (Å²) in [6, 6.07) is 11.9. The molecule has 2 heterocycles. The van der Waals surface area contributed by atoms with E-state index in [1.807, 2.05) is 25.3 Å². The van der Waals surface area contributed by atoms with Crippen LogP contribution in [0.15, 0.2) is 67.1 Å². The number of amides is 1. The summed E-state index contributed by atoms with van der Waals surface area (Å²) in [5.74, 6) is -1.59. The van der Waals surface area contributed by atoms with Crippen molar-refractivity contribution < 1.29 is 35.9 Å². The molecule has 13 heteroatoms. The Morgan fingerprint density at radius 2 is 1.58 bits per heavy atom. The third-order valence-corrected chi connectivity index (χ3v) is 5.33. The number of halogens is 6. The Morgan fingerprint density at radius 1 is 0.921 bits per heavy atom. The summed E-state index contributed by atoms with van der Waals surface area (Å²) in [5, 5.41) is 10.1. The molecule has 0 saturated carbocycles. The highest BCUT2D eigenvalue weighted by atomic mass is 19.4. The van der Waals surface area contributed by atoms with E-state index in [1.54, 1.807) is 23.0 Å². The fraction of sp³-hybridized carbons (Fsp3) is 0.240. The average Bonchev–Trinajstić information content (AvgIpc) is 3.44. The molecule has 0 unspecified atom stereocenters. The molecule has 4 rings (SSSR count). The Kier molecular flexibility index (Phi) is 7.46. The summed E-state index contributed by atoms with van der Waals surface area (Å²) in [5.41, 5.74) is 0.754. The van der Waals surface area contributed by atoms with E-state index in [1.165, 1.54) is 12.1 Å². The first-order valence-electron chi connectivity index (χ1n) is 11.2. The van der Waals surface area contributed by atoms with Gasteiger partial charge < -0.3 is 10.1 Å². The van der Waals surface area contributed by atoms with Crippen molar-refractivity contribution in [2.24, 2.45) is 0 Å². The van der Waals surface area contributed by atoms with E-state index in [9.17, 15) is 31.1 Å². The van der Waals surface area contributed by atoms with Crippen LogP contribution in [0.5, 0.6) is 5.75 Å². The van der Waals surface area contributed by atoms with Crippen LogP contribution in [0.3, 0.4) is 0 Å². The second-order valence-corrected chi connectivity index (χ2v) is 8.50. The number of hydrogen-bond acceptors (Lipinski definition) is 4. The van der Waals surface area contributed by atoms with Crippen molar-refractivity contribution in [2.45, 2.75) is 39.1 Å². The number of hydrogen-bond donors (Lipinski definition) is 1. The molecule has 200 valence electrons. The average molecular weight is 537 g/mol. The SMILES string of the molecule is Cc1cnn(Cc2ccc(Cn3cc(C(=O)NCc4cccc(OC(F)(F)F)c4)c(C(F)(F)F)n3)cc2)c1. The van der Waals surface area contributed by atoms with Gasteiger partial charge in [-0.1, -0.05) is 36.4 Å². The van der Waals surface area contributed by atoms with Crippen molar-refractivity contribution in [3.63, 3.8) is 0 Å². The topological polar surface area (TPSA) is 74.0 Å². The Balaban J connectivity index is 1.45. The summed E-state index contributed by atoms with van der Waals surface area (Å²) in [6.07, 6.45) is -5.20. The van der Waals surface area contributed by atoms with Gasteiger partial charge in [0.25, 0.3) is 5.91 Å². The molecule has 1 amide bonds. The maximum absolute atomic E-state index is 13.6. The quantitative estimate of drug-likeness (QED) is 0.309. The van der Waals surface area contributed by atoms with E-state index in [-0.39, 0.29) is 18.7 Å². The summed E-state index contributed by atoms with van der Waals surface area (Å²) in [7, 11) is 0. The minimum atomic E-state index is -4.91. The summed E-state index contributed by atoms with van der Waals surface area (Å²) in [6.45, 7) is 2.11. The number of nitrogens with zero attached hydrogens (tertiary/aromatic N) is 4. The second-order valence-electron chi connectivity index (χ2n) is 8.50. The summed E-state index contributed by atoms with van der Waals surface area (Å²) >= 11 is 0. The Bertz CT molecular complexity index is 1410. The van der Waals surface area contributed by atoms with Gasteiger partial charge in [-0.2, -0.15) is 23.4 Å². The molecule has 0 atom stereocenters. The van der Waals surface area contributed by atoms with Crippen molar-refractivity contribution in [1.29, 1.82) is 0 Å². The molecule has 4 aromatic rings. The molecule has 1 N–H and O–H groups in total. The Morgan fingerprint density at radius 3 is 2.16 bits per heavy atom. The van der Waals surface area contributed by atoms with Gasteiger partial charge in [-0.25, -0.2) is 0 Å². The zero-order valence-electron chi connectivity index (χ0n) is 19.8. The van der Waals surface area contributed by atoms with Crippen molar-refractivity contribution in [3.05, 3.63) is 101 Å². The van der Waals surface area contributed by atoms with Crippen molar-refractivity contribution in [1.82, 2.24) is 24.9 Å². The van der Waals surface area contributed by atoms with Gasteiger partial charge in [0.2, 0.25) is 0 Å². The minimum absolute atomic E-state index is 0.0195. The smallest absolute Gasteiger partial charge is 0.406 e. The molecule has 0 aliphatic heterocycles. The molecule has 2 aromatic carbocycles. The maximum atomic E-state index is 13.6. The molecule has 38 heavy (non-hydrogen) atoms. The number of aryl methyl sites for hydroxylation is 1. The fourth-order valence-corrected chi connectivity index (χ4v) is 3.69. The van der Waals surface area contributed by atoms with Gasteiger partial charge >= 0.3 is 12.5 Å². The molecular weight excluding hydrogens is 516 g/mol. The second kappa shape index (κ2) is 10.6. The normalized spacial score (nSPS) is 12.0. The van der Waals surface area contributed by atoms with E-state index in [2.05, 4.69) is 20.3 Å². The third-order valence-electron chi connectivity index (χ3n) is 5.33. The predicted octanol–water partition coefficient (Wildman–Crippen LogP) is 5.33. The lowest BCUT2D eigenvalue weighted by Gasteiger charge is -2.11. The number of rotatable bonds is 8. The number of benzene rings is 2.